The van der Waals surface area contributed by atoms with E-state index in [4.69, 9.17) is 4.74 Å². The molecule has 0 unspecified atom stereocenters. The minimum absolute atomic E-state index is 0. The molecule has 1 heterocycles. The molecule has 0 spiro atoms. The van der Waals surface area contributed by atoms with Crippen molar-refractivity contribution in [2.24, 2.45) is 0 Å². The molecule has 0 saturated carbocycles. The normalized spacial score (nSPS) is 9.10. The highest BCUT2D eigenvalue weighted by atomic mass is 16.5. The third-order valence-electron chi connectivity index (χ3n) is 2.45. The molecule has 0 fully saturated rings. The highest BCUT2D eigenvalue weighted by molar-refractivity contribution is 6.07. The van der Waals surface area contributed by atoms with Gasteiger partial charge in [0, 0.05) is 32.5 Å². The monoisotopic (exact) mass is 294 g/mol. The lowest BCUT2D eigenvalue weighted by Gasteiger charge is -2.09. The van der Waals surface area contributed by atoms with Crippen molar-refractivity contribution in [1.29, 1.82) is 0 Å². The number of carbonyl (C=O) groups is 2. The molecule has 118 valence electrons. The number of pyridine rings is 1. The highest BCUT2D eigenvalue weighted by Crippen LogP contribution is 2.14. The lowest BCUT2D eigenvalue weighted by Crippen LogP contribution is -2.10. The Balaban J connectivity index is 0. The van der Waals surface area contributed by atoms with Crippen LogP contribution in [0.4, 0.5) is 5.69 Å². The smallest absolute Gasteiger partial charge is 0.305 e. The topological polar surface area (TPSA) is 68.3 Å². The second kappa shape index (κ2) is 11.6. The summed E-state index contributed by atoms with van der Waals surface area (Å²) >= 11 is 0. The zero-order valence-corrected chi connectivity index (χ0v) is 13.0. The van der Waals surface area contributed by atoms with Crippen LogP contribution in [0.15, 0.2) is 31.1 Å². The van der Waals surface area contributed by atoms with Crippen LogP contribution in [0.2, 0.25) is 0 Å². The Morgan fingerprint density at radius 2 is 2.19 bits per heavy atom. The number of ether oxygens (including phenoxy) is 1. The van der Waals surface area contributed by atoms with Gasteiger partial charge in [0.05, 0.1) is 12.2 Å². The SMILES string of the molecule is C=CC(=O)c1cnccc1NCCCC(=O)OCC.CC.[HH]. The van der Waals surface area contributed by atoms with Crippen LogP contribution in [0.1, 0.15) is 45.4 Å². The molecule has 0 radical (unpaired) electrons. The molecule has 0 aliphatic rings. The maximum atomic E-state index is 11.6. The van der Waals surface area contributed by atoms with Gasteiger partial charge in [-0.25, -0.2) is 0 Å². The molecule has 5 nitrogen and oxygen atoms in total. The largest absolute Gasteiger partial charge is 0.466 e. The van der Waals surface area contributed by atoms with Crippen molar-refractivity contribution in [2.75, 3.05) is 18.5 Å². The van der Waals surface area contributed by atoms with Gasteiger partial charge in [0.1, 0.15) is 0 Å². The van der Waals surface area contributed by atoms with Crippen LogP contribution in [0.25, 0.3) is 0 Å². The second-order valence-electron chi connectivity index (χ2n) is 3.82. The molecule has 0 aliphatic carbocycles. The number of allylic oxidation sites excluding steroid dienone is 1. The first-order chi connectivity index (χ1) is 10.2. The van der Waals surface area contributed by atoms with E-state index in [2.05, 4.69) is 16.9 Å². The Hall–Kier alpha value is -2.17. The van der Waals surface area contributed by atoms with E-state index < -0.39 is 0 Å². The fourth-order valence-corrected chi connectivity index (χ4v) is 1.54. The van der Waals surface area contributed by atoms with E-state index in [-0.39, 0.29) is 13.2 Å². The van der Waals surface area contributed by atoms with Crippen molar-refractivity contribution in [3.05, 3.63) is 36.7 Å². The van der Waals surface area contributed by atoms with Gasteiger partial charge < -0.3 is 10.1 Å². The highest BCUT2D eigenvalue weighted by Gasteiger charge is 2.08. The van der Waals surface area contributed by atoms with Crippen LogP contribution >= 0.6 is 0 Å². The average molecular weight is 294 g/mol. The van der Waals surface area contributed by atoms with Gasteiger partial charge in [0.15, 0.2) is 5.78 Å². The zero-order valence-electron chi connectivity index (χ0n) is 13.0. The van der Waals surface area contributed by atoms with Crippen molar-refractivity contribution in [2.45, 2.75) is 33.6 Å². The van der Waals surface area contributed by atoms with Gasteiger partial charge in [-0.1, -0.05) is 20.4 Å². The van der Waals surface area contributed by atoms with Crippen LogP contribution in [0.3, 0.4) is 0 Å². The fraction of sp³-hybridized carbons (Fsp3) is 0.438. The Kier molecular flexibility index (Phi) is 10.4. The van der Waals surface area contributed by atoms with Crippen molar-refractivity contribution in [3.8, 4) is 0 Å². The maximum absolute atomic E-state index is 11.6. The van der Waals surface area contributed by atoms with Crippen molar-refractivity contribution >= 4 is 17.4 Å². The van der Waals surface area contributed by atoms with Crippen molar-refractivity contribution < 1.29 is 15.8 Å². The van der Waals surface area contributed by atoms with E-state index in [1.54, 1.807) is 19.2 Å². The molecular weight excluding hydrogens is 268 g/mol. The van der Waals surface area contributed by atoms with Crippen LogP contribution in [0, 0.1) is 0 Å². The number of hydrogen-bond acceptors (Lipinski definition) is 5. The number of nitrogens with one attached hydrogen (secondary N) is 1. The van der Waals surface area contributed by atoms with Gasteiger partial charge in [-0.05, 0) is 25.5 Å². The van der Waals surface area contributed by atoms with Crippen molar-refractivity contribution in [3.63, 3.8) is 0 Å². The summed E-state index contributed by atoms with van der Waals surface area (Å²) in [6.07, 6.45) is 5.35. The number of nitrogens with zero attached hydrogens (tertiary/aromatic N) is 1. The number of anilines is 1. The molecule has 0 amide bonds. The second-order valence-corrected chi connectivity index (χ2v) is 3.82. The molecule has 0 aromatic carbocycles. The van der Waals surface area contributed by atoms with Crippen molar-refractivity contribution in [1.82, 2.24) is 4.98 Å². The third-order valence-corrected chi connectivity index (χ3v) is 2.45. The summed E-state index contributed by atoms with van der Waals surface area (Å²) in [6, 6.07) is 1.72. The molecular formula is C16H26N2O3. The summed E-state index contributed by atoms with van der Waals surface area (Å²) < 4.78 is 4.83. The van der Waals surface area contributed by atoms with Gasteiger partial charge >= 0.3 is 5.97 Å². The summed E-state index contributed by atoms with van der Waals surface area (Å²) in [6.45, 7) is 10.2. The quantitative estimate of drug-likeness (QED) is 0.344. The first-order valence-electron chi connectivity index (χ1n) is 7.19. The first kappa shape index (κ1) is 18.8. The van der Waals surface area contributed by atoms with Gasteiger partial charge in [-0.3, -0.25) is 14.6 Å². The summed E-state index contributed by atoms with van der Waals surface area (Å²) in [5.41, 5.74) is 1.18. The number of carbonyl (C=O) groups excluding carboxylic acids is 2. The molecule has 0 bridgehead atoms. The molecule has 0 atom stereocenters. The average Bonchev–Trinajstić information content (AvgIpc) is 2.53. The lowest BCUT2D eigenvalue weighted by molar-refractivity contribution is -0.143. The van der Waals surface area contributed by atoms with Crippen LogP contribution in [0.5, 0.6) is 0 Å². The predicted octanol–water partition coefficient (Wildman–Crippen LogP) is 3.48. The molecule has 1 aromatic heterocycles. The minimum Gasteiger partial charge on any atom is -0.466 e. The number of hydrogen-bond donors (Lipinski definition) is 1. The minimum atomic E-state index is -0.207. The molecule has 0 saturated heterocycles. The Labute approximate surface area is 127 Å². The number of aromatic nitrogens is 1. The van der Waals surface area contributed by atoms with E-state index in [1.807, 2.05) is 13.8 Å². The van der Waals surface area contributed by atoms with Gasteiger partial charge in [0.2, 0.25) is 0 Å². The Morgan fingerprint density at radius 3 is 2.81 bits per heavy atom. The van der Waals surface area contributed by atoms with Gasteiger partial charge in [0.25, 0.3) is 0 Å². The molecule has 21 heavy (non-hydrogen) atoms. The van der Waals surface area contributed by atoms with E-state index in [0.717, 1.165) is 0 Å². The fourth-order valence-electron chi connectivity index (χ4n) is 1.54. The Bertz CT molecular complexity index is 464. The van der Waals surface area contributed by atoms with E-state index >= 15 is 0 Å². The zero-order chi connectivity index (χ0) is 16.1. The molecule has 1 aromatic rings. The van der Waals surface area contributed by atoms with E-state index in [1.165, 1.54) is 12.3 Å². The molecule has 0 aliphatic heterocycles. The van der Waals surface area contributed by atoms with Crippen LogP contribution < -0.4 is 5.32 Å². The van der Waals surface area contributed by atoms with E-state index in [9.17, 15) is 9.59 Å². The third kappa shape index (κ3) is 7.25. The first-order valence-corrected chi connectivity index (χ1v) is 7.19. The van der Waals surface area contributed by atoms with Crippen LogP contribution in [-0.4, -0.2) is 29.9 Å². The summed E-state index contributed by atoms with van der Waals surface area (Å²) in [4.78, 5) is 26.6. The van der Waals surface area contributed by atoms with Gasteiger partial charge in [-0.15, -0.1) is 0 Å². The Morgan fingerprint density at radius 1 is 1.48 bits per heavy atom. The van der Waals surface area contributed by atoms with Gasteiger partial charge in [-0.2, -0.15) is 0 Å². The van der Waals surface area contributed by atoms with Crippen LogP contribution in [-0.2, 0) is 9.53 Å². The summed E-state index contributed by atoms with van der Waals surface area (Å²) in [5.74, 6) is -0.387. The van der Waals surface area contributed by atoms with E-state index in [0.29, 0.717) is 37.2 Å². The molecule has 1 rings (SSSR count). The standard InChI is InChI=1S/C14H18N2O3.C2H6.H2/c1-3-13(17)11-10-15-9-7-12(11)16-8-5-6-14(18)19-4-2;1-2;/h3,7,9-10H,1,4-6,8H2,2H3,(H,15,16);1-2H3;1H. The number of rotatable bonds is 8. The lowest BCUT2D eigenvalue weighted by atomic mass is 10.1. The molecule has 1 N–H and O–H groups in total. The number of ketones is 1. The predicted molar refractivity (Wildman–Crippen MR) is 86.6 cm³/mol. The summed E-state index contributed by atoms with van der Waals surface area (Å²) in [5, 5.41) is 3.11. The maximum Gasteiger partial charge on any atom is 0.305 e. The molecule has 5 heteroatoms. The number of esters is 1. The summed E-state index contributed by atoms with van der Waals surface area (Å²) in [7, 11) is 0.